The summed E-state index contributed by atoms with van der Waals surface area (Å²) in [6, 6.07) is 0.408. The molecule has 1 amide bonds. The van der Waals surface area contributed by atoms with Gasteiger partial charge in [0.25, 0.3) is 5.91 Å². The van der Waals surface area contributed by atoms with Gasteiger partial charge in [0.1, 0.15) is 0 Å². The predicted molar refractivity (Wildman–Crippen MR) is 72.6 cm³/mol. The lowest BCUT2D eigenvalue weighted by Gasteiger charge is -2.22. The van der Waals surface area contributed by atoms with E-state index >= 15 is 0 Å². The minimum absolute atomic E-state index is 0.00595. The molecule has 2 N–H and O–H groups in total. The zero-order valence-electron chi connectivity index (χ0n) is 11.7. The molecule has 1 fully saturated rings. The van der Waals surface area contributed by atoms with Gasteiger partial charge in [0.2, 0.25) is 0 Å². The van der Waals surface area contributed by atoms with Crippen LogP contribution in [-0.2, 0) is 6.54 Å². The average Bonchev–Trinajstić information content (AvgIpc) is 3.09. The van der Waals surface area contributed by atoms with E-state index in [1.54, 1.807) is 10.9 Å². The fourth-order valence-electron chi connectivity index (χ4n) is 2.02. The molecule has 0 aromatic carbocycles. The maximum absolute atomic E-state index is 12.4. The van der Waals surface area contributed by atoms with Gasteiger partial charge in [-0.2, -0.15) is 0 Å². The monoisotopic (exact) mass is 265 g/mol. The SMILES string of the molecule is CC(C)CCN(C(=O)c1cn(CCN)nn1)C1CC1. The molecule has 0 bridgehead atoms. The molecular formula is C13H23N5O. The van der Waals surface area contributed by atoms with Gasteiger partial charge >= 0.3 is 0 Å². The molecule has 1 aliphatic carbocycles. The highest BCUT2D eigenvalue weighted by Crippen LogP contribution is 2.28. The van der Waals surface area contributed by atoms with Crippen LogP contribution < -0.4 is 5.73 Å². The molecular weight excluding hydrogens is 242 g/mol. The van der Waals surface area contributed by atoms with Crippen LogP contribution in [0.2, 0.25) is 0 Å². The fraction of sp³-hybridized carbons (Fsp3) is 0.769. The maximum Gasteiger partial charge on any atom is 0.276 e. The van der Waals surface area contributed by atoms with E-state index in [0.717, 1.165) is 25.8 Å². The highest BCUT2D eigenvalue weighted by molar-refractivity contribution is 5.92. The van der Waals surface area contributed by atoms with Crippen LogP contribution >= 0.6 is 0 Å². The molecule has 0 spiro atoms. The van der Waals surface area contributed by atoms with Gasteiger partial charge in [-0.05, 0) is 25.2 Å². The van der Waals surface area contributed by atoms with Gasteiger partial charge in [0.05, 0.1) is 12.7 Å². The zero-order chi connectivity index (χ0) is 13.8. The predicted octanol–water partition coefficient (Wildman–Crippen LogP) is 0.888. The third-order valence-corrected chi connectivity index (χ3v) is 3.31. The first-order chi connectivity index (χ1) is 9.11. The van der Waals surface area contributed by atoms with E-state index in [4.69, 9.17) is 5.73 Å². The van der Waals surface area contributed by atoms with Crippen molar-refractivity contribution in [3.63, 3.8) is 0 Å². The van der Waals surface area contributed by atoms with Crippen LogP contribution in [0.1, 0.15) is 43.6 Å². The Labute approximate surface area is 113 Å². The third-order valence-electron chi connectivity index (χ3n) is 3.31. The van der Waals surface area contributed by atoms with Crippen molar-refractivity contribution >= 4 is 5.91 Å². The van der Waals surface area contributed by atoms with Crippen molar-refractivity contribution in [1.29, 1.82) is 0 Å². The minimum atomic E-state index is 0.00595. The molecule has 1 saturated carbocycles. The highest BCUT2D eigenvalue weighted by Gasteiger charge is 2.33. The Morgan fingerprint density at radius 2 is 2.32 bits per heavy atom. The molecule has 0 aliphatic heterocycles. The van der Waals surface area contributed by atoms with Gasteiger partial charge in [-0.3, -0.25) is 9.48 Å². The van der Waals surface area contributed by atoms with E-state index in [9.17, 15) is 4.79 Å². The number of amides is 1. The van der Waals surface area contributed by atoms with Gasteiger partial charge < -0.3 is 10.6 Å². The first-order valence-corrected chi connectivity index (χ1v) is 7.03. The molecule has 106 valence electrons. The van der Waals surface area contributed by atoms with Crippen molar-refractivity contribution in [3.8, 4) is 0 Å². The number of aromatic nitrogens is 3. The summed E-state index contributed by atoms with van der Waals surface area (Å²) in [4.78, 5) is 14.4. The number of rotatable bonds is 7. The van der Waals surface area contributed by atoms with Crippen molar-refractivity contribution in [1.82, 2.24) is 19.9 Å². The number of hydrogen-bond donors (Lipinski definition) is 1. The summed E-state index contributed by atoms with van der Waals surface area (Å²) in [5.41, 5.74) is 5.90. The molecule has 1 aromatic rings. The summed E-state index contributed by atoms with van der Waals surface area (Å²) < 4.78 is 1.63. The van der Waals surface area contributed by atoms with E-state index < -0.39 is 0 Å². The maximum atomic E-state index is 12.4. The normalized spacial score (nSPS) is 14.9. The average molecular weight is 265 g/mol. The largest absolute Gasteiger partial charge is 0.334 e. The summed E-state index contributed by atoms with van der Waals surface area (Å²) in [5, 5.41) is 7.88. The second-order valence-electron chi connectivity index (χ2n) is 5.57. The second-order valence-corrected chi connectivity index (χ2v) is 5.57. The Bertz CT molecular complexity index is 424. The van der Waals surface area contributed by atoms with Crippen molar-refractivity contribution in [2.75, 3.05) is 13.1 Å². The van der Waals surface area contributed by atoms with Gasteiger partial charge in [0, 0.05) is 19.1 Å². The van der Waals surface area contributed by atoms with Crippen LogP contribution in [0.15, 0.2) is 6.20 Å². The van der Waals surface area contributed by atoms with E-state index in [2.05, 4.69) is 24.2 Å². The number of nitrogens with zero attached hydrogens (tertiary/aromatic N) is 4. The Kier molecular flexibility index (Phi) is 4.52. The third kappa shape index (κ3) is 3.76. The molecule has 19 heavy (non-hydrogen) atoms. The molecule has 0 saturated heterocycles. The number of carbonyl (C=O) groups excluding carboxylic acids is 1. The van der Waals surface area contributed by atoms with Crippen LogP contribution in [0, 0.1) is 5.92 Å². The van der Waals surface area contributed by atoms with Crippen LogP contribution in [-0.4, -0.2) is 44.9 Å². The summed E-state index contributed by atoms with van der Waals surface area (Å²) in [5.74, 6) is 0.605. The van der Waals surface area contributed by atoms with Gasteiger partial charge in [-0.25, -0.2) is 0 Å². The molecule has 0 radical (unpaired) electrons. The van der Waals surface area contributed by atoms with Crippen molar-refractivity contribution < 1.29 is 4.79 Å². The summed E-state index contributed by atoms with van der Waals surface area (Å²) in [6.45, 7) is 6.25. The molecule has 2 rings (SSSR count). The Hall–Kier alpha value is -1.43. The molecule has 1 aliphatic rings. The van der Waals surface area contributed by atoms with Gasteiger partial charge in [0.15, 0.2) is 5.69 Å². The van der Waals surface area contributed by atoms with Crippen LogP contribution in [0.3, 0.4) is 0 Å². The lowest BCUT2D eigenvalue weighted by atomic mass is 10.1. The standard InChI is InChI=1S/C13H23N5O/c1-10(2)5-7-18(11-3-4-11)13(19)12-9-17(8-6-14)16-15-12/h9-11H,3-8,14H2,1-2H3. The summed E-state index contributed by atoms with van der Waals surface area (Å²) >= 11 is 0. The second kappa shape index (κ2) is 6.14. The smallest absolute Gasteiger partial charge is 0.276 e. The first-order valence-electron chi connectivity index (χ1n) is 7.03. The van der Waals surface area contributed by atoms with E-state index in [1.165, 1.54) is 0 Å². The molecule has 1 heterocycles. The Morgan fingerprint density at radius 1 is 1.58 bits per heavy atom. The zero-order valence-corrected chi connectivity index (χ0v) is 11.7. The van der Waals surface area contributed by atoms with E-state index in [1.807, 2.05) is 4.90 Å². The molecule has 6 nitrogen and oxygen atoms in total. The Balaban J connectivity index is 2.01. The molecule has 1 aromatic heterocycles. The lowest BCUT2D eigenvalue weighted by molar-refractivity contribution is 0.0729. The summed E-state index contributed by atoms with van der Waals surface area (Å²) in [7, 11) is 0. The van der Waals surface area contributed by atoms with Crippen molar-refractivity contribution in [2.24, 2.45) is 11.7 Å². The number of nitrogens with two attached hydrogens (primary N) is 1. The topological polar surface area (TPSA) is 77.0 Å². The summed E-state index contributed by atoms with van der Waals surface area (Å²) in [6.07, 6.45) is 4.95. The van der Waals surface area contributed by atoms with Crippen LogP contribution in [0.4, 0.5) is 0 Å². The lowest BCUT2D eigenvalue weighted by Crippen LogP contribution is -2.34. The van der Waals surface area contributed by atoms with Crippen molar-refractivity contribution in [3.05, 3.63) is 11.9 Å². The highest BCUT2D eigenvalue weighted by atomic mass is 16.2. The minimum Gasteiger partial charge on any atom is -0.334 e. The van der Waals surface area contributed by atoms with Crippen molar-refractivity contribution in [2.45, 2.75) is 45.7 Å². The van der Waals surface area contributed by atoms with Crippen LogP contribution in [0.25, 0.3) is 0 Å². The molecule has 6 heteroatoms. The quantitative estimate of drug-likeness (QED) is 0.794. The molecule has 0 atom stereocenters. The van der Waals surface area contributed by atoms with E-state index in [-0.39, 0.29) is 5.91 Å². The van der Waals surface area contributed by atoms with Gasteiger partial charge in [-0.15, -0.1) is 5.10 Å². The fourth-order valence-corrected chi connectivity index (χ4v) is 2.02. The van der Waals surface area contributed by atoms with Gasteiger partial charge in [-0.1, -0.05) is 19.1 Å². The number of hydrogen-bond acceptors (Lipinski definition) is 4. The first kappa shape index (κ1) is 14.0. The van der Waals surface area contributed by atoms with E-state index in [0.29, 0.717) is 30.7 Å². The van der Waals surface area contributed by atoms with Crippen LogP contribution in [0.5, 0.6) is 0 Å². The molecule has 0 unspecified atom stereocenters. The number of carbonyl (C=O) groups is 1. The Morgan fingerprint density at radius 3 is 2.89 bits per heavy atom.